The van der Waals surface area contributed by atoms with Crippen molar-refractivity contribution >= 4 is 11.6 Å². The summed E-state index contributed by atoms with van der Waals surface area (Å²) in [5.74, 6) is 0.0970. The van der Waals surface area contributed by atoms with E-state index in [1.54, 1.807) is 0 Å². The lowest BCUT2D eigenvalue weighted by Crippen LogP contribution is -1.97. The molecule has 162 valence electrons. The molecular formula is C16H26O12. The molecule has 0 bridgehead atoms. The van der Waals surface area contributed by atoms with E-state index < -0.39 is 0 Å². The molecule has 0 saturated heterocycles. The number of benzene rings is 1. The summed E-state index contributed by atoms with van der Waals surface area (Å²) >= 11 is 0. The lowest BCUT2D eigenvalue weighted by molar-refractivity contribution is -0.176. The van der Waals surface area contributed by atoms with E-state index in [1.165, 1.54) is 48.6 Å². The number of hydrogen-bond acceptors (Lipinski definition) is 10. The SMILES string of the molecule is C=C.C=C.O.O.O=C1C=CC(=O)C=C1.O=O.OO.OO.Oc1ccc(O)cc1. The van der Waals surface area contributed by atoms with Gasteiger partial charge in [0.05, 0.1) is 0 Å². The van der Waals surface area contributed by atoms with Crippen molar-refractivity contribution < 1.29 is 51.8 Å². The Morgan fingerprint density at radius 1 is 0.536 bits per heavy atom. The van der Waals surface area contributed by atoms with Crippen LogP contribution >= 0.6 is 0 Å². The summed E-state index contributed by atoms with van der Waals surface area (Å²) in [5, 5.41) is 41.3. The van der Waals surface area contributed by atoms with Crippen molar-refractivity contribution in [2.75, 3.05) is 0 Å². The molecule has 12 heteroatoms. The Kier molecular flexibility index (Phi) is 68.9. The van der Waals surface area contributed by atoms with Crippen molar-refractivity contribution in [2.45, 2.75) is 0 Å². The highest BCUT2D eigenvalue weighted by Crippen LogP contribution is 2.13. The molecule has 10 N–H and O–H groups in total. The molecule has 12 nitrogen and oxygen atoms in total. The summed E-state index contributed by atoms with van der Waals surface area (Å²) in [6, 6.07) is 5.70. The van der Waals surface area contributed by atoms with Gasteiger partial charge in [-0.05, 0) is 48.6 Å². The first-order valence-corrected chi connectivity index (χ1v) is 6.06. The van der Waals surface area contributed by atoms with Gasteiger partial charge in [-0.25, -0.2) is 0 Å². The molecule has 1 aliphatic rings. The summed E-state index contributed by atoms with van der Waals surface area (Å²) in [6.45, 7) is 12.0. The van der Waals surface area contributed by atoms with Crippen molar-refractivity contribution in [3.05, 3.63) is 84.8 Å². The molecule has 2 rings (SSSR count). The van der Waals surface area contributed by atoms with Crippen LogP contribution in [0, 0.1) is 9.93 Å². The predicted molar refractivity (Wildman–Crippen MR) is 105 cm³/mol. The van der Waals surface area contributed by atoms with Crippen LogP contribution in [0.25, 0.3) is 0 Å². The van der Waals surface area contributed by atoms with Gasteiger partial charge in [-0.1, -0.05) is 0 Å². The van der Waals surface area contributed by atoms with Crippen molar-refractivity contribution in [1.29, 1.82) is 0 Å². The first-order valence-electron chi connectivity index (χ1n) is 6.06. The summed E-state index contributed by atoms with van der Waals surface area (Å²) < 4.78 is 0. The van der Waals surface area contributed by atoms with Crippen LogP contribution in [-0.4, -0.2) is 53.8 Å². The van der Waals surface area contributed by atoms with E-state index in [0.29, 0.717) is 0 Å². The molecule has 0 radical (unpaired) electrons. The summed E-state index contributed by atoms with van der Waals surface area (Å²) in [4.78, 5) is 34.6. The third kappa shape index (κ3) is 38.2. The van der Waals surface area contributed by atoms with Crippen LogP contribution in [0.2, 0.25) is 0 Å². The molecule has 0 aliphatic heterocycles. The Morgan fingerprint density at radius 3 is 0.821 bits per heavy atom. The fourth-order valence-electron chi connectivity index (χ4n) is 0.892. The lowest BCUT2D eigenvalue weighted by Gasteiger charge is -1.88. The third-order valence-corrected chi connectivity index (χ3v) is 1.67. The first-order chi connectivity index (χ1) is 12.6. The molecule has 0 fully saturated rings. The number of carbonyl (C=O) groups is 2. The fourth-order valence-corrected chi connectivity index (χ4v) is 0.892. The molecule has 1 aromatic rings. The number of ketones is 2. The Labute approximate surface area is 160 Å². The van der Waals surface area contributed by atoms with E-state index >= 15 is 0 Å². The average molecular weight is 410 g/mol. The van der Waals surface area contributed by atoms with Crippen molar-refractivity contribution in [1.82, 2.24) is 0 Å². The minimum atomic E-state index is -0.121. The molecule has 0 heterocycles. The lowest BCUT2D eigenvalue weighted by atomic mass is 10.2. The summed E-state index contributed by atoms with van der Waals surface area (Å²) in [6.07, 6.45) is 5.01. The third-order valence-electron chi connectivity index (χ3n) is 1.67. The van der Waals surface area contributed by atoms with E-state index in [0.717, 1.165) is 0 Å². The fraction of sp³-hybridized carbons (Fsp3) is 0. The smallest absolute Gasteiger partial charge is 0.178 e. The summed E-state index contributed by atoms with van der Waals surface area (Å²) in [5.41, 5.74) is 0. The zero-order valence-corrected chi connectivity index (χ0v) is 14.8. The van der Waals surface area contributed by atoms with E-state index in [-0.39, 0.29) is 34.0 Å². The minimum Gasteiger partial charge on any atom is -0.508 e. The van der Waals surface area contributed by atoms with Crippen LogP contribution in [0.5, 0.6) is 11.5 Å². The Hall–Kier alpha value is -3.52. The molecule has 0 spiro atoms. The maximum Gasteiger partial charge on any atom is 0.178 e. The predicted octanol–water partition coefficient (Wildman–Crippen LogP) is 1.41. The second-order valence-electron chi connectivity index (χ2n) is 2.99. The van der Waals surface area contributed by atoms with Gasteiger partial charge in [-0.2, -0.15) is 0 Å². The largest absolute Gasteiger partial charge is 0.508 e. The zero-order valence-electron chi connectivity index (χ0n) is 14.8. The molecule has 1 aliphatic carbocycles. The van der Waals surface area contributed by atoms with E-state index in [1.807, 2.05) is 0 Å². The van der Waals surface area contributed by atoms with Gasteiger partial charge >= 0.3 is 0 Å². The van der Waals surface area contributed by atoms with Crippen molar-refractivity contribution in [3.63, 3.8) is 0 Å². The van der Waals surface area contributed by atoms with Gasteiger partial charge in [0.2, 0.25) is 0 Å². The average Bonchev–Trinajstić information content (AvgIpc) is 2.74. The molecule has 0 unspecified atom stereocenters. The molecular weight excluding hydrogens is 384 g/mol. The second kappa shape index (κ2) is 43.7. The second-order valence-corrected chi connectivity index (χ2v) is 2.99. The maximum atomic E-state index is 10.3. The molecule has 0 amide bonds. The number of phenols is 2. The first kappa shape index (κ1) is 44.2. The highest BCUT2D eigenvalue weighted by molar-refractivity contribution is 6.14. The topological polar surface area (TPSA) is 253 Å². The highest BCUT2D eigenvalue weighted by atomic mass is 17.0. The number of carbonyl (C=O) groups excluding carboxylic acids is 2. The zero-order chi connectivity index (χ0) is 22.0. The van der Waals surface area contributed by atoms with Crippen LogP contribution in [-0.2, 0) is 9.59 Å². The number of rotatable bonds is 0. The number of aromatic hydroxyl groups is 2. The molecule has 0 atom stereocenters. The van der Waals surface area contributed by atoms with Crippen molar-refractivity contribution in [2.24, 2.45) is 0 Å². The van der Waals surface area contributed by atoms with Gasteiger partial charge in [0.1, 0.15) is 11.5 Å². The van der Waals surface area contributed by atoms with Gasteiger partial charge in [-0.3, -0.25) is 30.6 Å². The van der Waals surface area contributed by atoms with Crippen molar-refractivity contribution in [3.8, 4) is 11.5 Å². The minimum absolute atomic E-state index is 0. The van der Waals surface area contributed by atoms with Crippen LogP contribution < -0.4 is 0 Å². The van der Waals surface area contributed by atoms with Crippen LogP contribution in [0.4, 0.5) is 0 Å². The molecule has 28 heavy (non-hydrogen) atoms. The van der Waals surface area contributed by atoms with E-state index in [4.69, 9.17) is 41.2 Å². The van der Waals surface area contributed by atoms with Gasteiger partial charge in [0.15, 0.2) is 11.6 Å². The maximum absolute atomic E-state index is 10.3. The number of hydrogen-bond donors (Lipinski definition) is 6. The standard InChI is InChI=1S/C6H6O2.C6H4O2.2C2H4.2H2O2.O2.2H2O/c2*7-5-1-2-6(8)4-3-5;5*1-2;;/h1-4,7-8H;1-4H;2*1-2H2;2*1-2H;;2*1H2. The molecule has 0 aromatic heterocycles. The summed E-state index contributed by atoms with van der Waals surface area (Å²) in [7, 11) is 0. The normalized spacial score (nSPS) is 8.43. The van der Waals surface area contributed by atoms with Crippen LogP contribution in [0.3, 0.4) is 0 Å². The van der Waals surface area contributed by atoms with Gasteiger partial charge in [0, 0.05) is 9.93 Å². The van der Waals surface area contributed by atoms with E-state index in [9.17, 15) is 9.59 Å². The quantitative estimate of drug-likeness (QED) is 0.118. The van der Waals surface area contributed by atoms with Gasteiger partial charge in [0.25, 0.3) is 0 Å². The number of allylic oxidation sites excluding steroid dienone is 4. The number of phenolic OH excluding ortho intramolecular Hbond substituents is 2. The Balaban J connectivity index is -0.0000000417. The Bertz CT molecular complexity index is 433. The highest BCUT2D eigenvalue weighted by Gasteiger charge is 1.97. The van der Waals surface area contributed by atoms with Gasteiger partial charge < -0.3 is 21.2 Å². The van der Waals surface area contributed by atoms with Crippen LogP contribution in [0.1, 0.15) is 0 Å². The van der Waals surface area contributed by atoms with Crippen LogP contribution in [0.15, 0.2) is 74.9 Å². The van der Waals surface area contributed by atoms with E-state index in [2.05, 4.69) is 26.3 Å². The molecule has 0 saturated carbocycles. The monoisotopic (exact) mass is 410 g/mol. The van der Waals surface area contributed by atoms with Gasteiger partial charge in [-0.15, -0.1) is 26.3 Å². The molecule has 1 aromatic carbocycles. The Morgan fingerprint density at radius 2 is 0.679 bits per heavy atom.